The summed E-state index contributed by atoms with van der Waals surface area (Å²) >= 11 is 6.32. The number of nitrogens with zero attached hydrogens (tertiary/aromatic N) is 6. The minimum atomic E-state index is -0.181. The van der Waals surface area contributed by atoms with E-state index >= 15 is 0 Å². The number of hydrogen-bond donors (Lipinski definition) is 2. The third-order valence-electron chi connectivity index (χ3n) is 3.91. The van der Waals surface area contributed by atoms with Crippen LogP contribution in [0.1, 0.15) is 11.3 Å². The van der Waals surface area contributed by atoms with Gasteiger partial charge in [-0.25, -0.2) is 19.6 Å². The molecule has 132 valence electrons. The van der Waals surface area contributed by atoms with E-state index in [1.165, 1.54) is 6.33 Å². The van der Waals surface area contributed by atoms with Crippen LogP contribution in [-0.2, 0) is 6.61 Å². The number of hydrogen-bond acceptors (Lipinski definition) is 7. The van der Waals surface area contributed by atoms with Gasteiger partial charge in [-0.1, -0.05) is 17.7 Å². The Morgan fingerprint density at radius 2 is 2.00 bits per heavy atom. The molecule has 4 aromatic rings. The Hall–Kier alpha value is -3.54. The van der Waals surface area contributed by atoms with Crippen LogP contribution in [0.2, 0.25) is 5.02 Å². The first-order valence-corrected chi connectivity index (χ1v) is 8.29. The lowest BCUT2D eigenvalue weighted by Crippen LogP contribution is -2.02. The van der Waals surface area contributed by atoms with Crippen LogP contribution in [-0.4, -0.2) is 29.8 Å². The number of benzene rings is 1. The quantitative estimate of drug-likeness (QED) is 0.562. The summed E-state index contributed by atoms with van der Waals surface area (Å²) in [5.41, 5.74) is 2.16. The topological polar surface area (TPSA) is 113 Å². The minimum Gasteiger partial charge on any atom is -0.390 e. The van der Waals surface area contributed by atoms with Crippen LogP contribution < -0.4 is 5.32 Å². The molecule has 0 saturated carbocycles. The number of rotatable bonds is 4. The number of nitrogens with one attached hydrogen (secondary N) is 1. The van der Waals surface area contributed by atoms with Gasteiger partial charge in [-0.05, 0) is 12.1 Å². The van der Waals surface area contributed by atoms with Gasteiger partial charge in [-0.15, -0.1) is 0 Å². The van der Waals surface area contributed by atoms with Gasteiger partial charge < -0.3 is 10.4 Å². The predicted molar refractivity (Wildman–Crippen MR) is 99.8 cm³/mol. The summed E-state index contributed by atoms with van der Waals surface area (Å²) in [6, 6.07) is 10.7. The average Bonchev–Trinajstić information content (AvgIpc) is 3.10. The highest BCUT2D eigenvalue weighted by Gasteiger charge is 2.14. The van der Waals surface area contributed by atoms with Crippen LogP contribution in [0.5, 0.6) is 0 Å². The summed E-state index contributed by atoms with van der Waals surface area (Å²) in [5, 5.41) is 27.3. The molecule has 0 amide bonds. The van der Waals surface area contributed by atoms with Crippen molar-refractivity contribution in [3.63, 3.8) is 0 Å². The highest BCUT2D eigenvalue weighted by molar-refractivity contribution is 6.32. The van der Waals surface area contributed by atoms with E-state index in [-0.39, 0.29) is 6.61 Å². The van der Waals surface area contributed by atoms with Crippen molar-refractivity contribution in [3.05, 3.63) is 65.3 Å². The maximum atomic E-state index is 9.40. The van der Waals surface area contributed by atoms with Crippen molar-refractivity contribution in [2.24, 2.45) is 0 Å². The normalized spacial score (nSPS) is 10.7. The third kappa shape index (κ3) is 3.17. The average molecular weight is 378 g/mol. The molecule has 3 heterocycles. The number of nitriles is 1. The summed E-state index contributed by atoms with van der Waals surface area (Å²) in [5.74, 6) is 1.03. The van der Waals surface area contributed by atoms with E-state index in [1.807, 2.05) is 0 Å². The third-order valence-corrected chi connectivity index (χ3v) is 4.22. The first kappa shape index (κ1) is 16.9. The molecule has 0 aliphatic heterocycles. The monoisotopic (exact) mass is 377 g/mol. The second-order valence-electron chi connectivity index (χ2n) is 5.61. The van der Waals surface area contributed by atoms with Gasteiger partial charge in [0.25, 0.3) is 0 Å². The fraction of sp³-hybridized carbons (Fsp3) is 0.0556. The maximum absolute atomic E-state index is 9.40. The first-order valence-electron chi connectivity index (χ1n) is 7.91. The largest absolute Gasteiger partial charge is 0.390 e. The molecule has 4 rings (SSSR count). The number of halogens is 1. The lowest BCUT2D eigenvalue weighted by atomic mass is 10.2. The number of anilines is 2. The molecule has 27 heavy (non-hydrogen) atoms. The molecule has 2 N–H and O–H groups in total. The Balaban J connectivity index is 1.80. The van der Waals surface area contributed by atoms with E-state index in [4.69, 9.17) is 11.6 Å². The Kier molecular flexibility index (Phi) is 4.38. The van der Waals surface area contributed by atoms with Gasteiger partial charge in [0.2, 0.25) is 0 Å². The zero-order valence-electron chi connectivity index (χ0n) is 13.8. The van der Waals surface area contributed by atoms with Crippen molar-refractivity contribution < 1.29 is 5.11 Å². The van der Waals surface area contributed by atoms with Gasteiger partial charge in [-0.3, -0.25) is 0 Å². The van der Waals surface area contributed by atoms with Crippen LogP contribution in [0.3, 0.4) is 0 Å². The summed E-state index contributed by atoms with van der Waals surface area (Å²) in [7, 11) is 0. The standard InChI is InChI=1S/C18H12ClN7O/c19-14-3-1-2-11(6-20)18(14)26-15-5-17(21-7-12(15)8-24-26)25-16-4-13(9-27)22-10-23-16/h1-5,7-8,10,27H,9H2,(H,21,22,23,25). The molecule has 9 heteroatoms. The molecule has 0 bridgehead atoms. The molecule has 0 saturated heterocycles. The number of aliphatic hydroxyl groups excluding tert-OH is 1. The van der Waals surface area contributed by atoms with Crippen molar-refractivity contribution in [1.82, 2.24) is 24.7 Å². The number of aromatic nitrogens is 5. The summed E-state index contributed by atoms with van der Waals surface area (Å²) in [4.78, 5) is 12.4. The van der Waals surface area contributed by atoms with Gasteiger partial charge in [0.15, 0.2) is 0 Å². The Labute approximate surface area is 158 Å². The van der Waals surface area contributed by atoms with Gasteiger partial charge in [-0.2, -0.15) is 10.4 Å². The Morgan fingerprint density at radius 1 is 1.15 bits per heavy atom. The zero-order valence-corrected chi connectivity index (χ0v) is 14.6. The van der Waals surface area contributed by atoms with Crippen LogP contribution in [0.4, 0.5) is 11.6 Å². The molecule has 0 aliphatic carbocycles. The van der Waals surface area contributed by atoms with Crippen LogP contribution in [0.15, 0.2) is 49.1 Å². The number of para-hydroxylation sites is 1. The van der Waals surface area contributed by atoms with Gasteiger partial charge in [0, 0.05) is 23.7 Å². The van der Waals surface area contributed by atoms with Crippen LogP contribution >= 0.6 is 11.6 Å². The van der Waals surface area contributed by atoms with Gasteiger partial charge in [0.05, 0.1) is 34.6 Å². The smallest absolute Gasteiger partial charge is 0.135 e. The molecule has 0 spiro atoms. The van der Waals surface area contributed by atoms with E-state index in [1.54, 1.807) is 47.4 Å². The Morgan fingerprint density at radius 3 is 2.81 bits per heavy atom. The van der Waals surface area contributed by atoms with E-state index in [9.17, 15) is 10.4 Å². The summed E-state index contributed by atoms with van der Waals surface area (Å²) < 4.78 is 1.61. The van der Waals surface area contributed by atoms with E-state index in [0.717, 1.165) is 10.9 Å². The summed E-state index contributed by atoms with van der Waals surface area (Å²) in [6.45, 7) is -0.181. The first-order chi connectivity index (χ1) is 13.2. The fourth-order valence-corrected chi connectivity index (χ4v) is 2.93. The van der Waals surface area contributed by atoms with Crippen LogP contribution in [0.25, 0.3) is 16.6 Å². The van der Waals surface area contributed by atoms with Crippen molar-refractivity contribution >= 4 is 34.1 Å². The Bertz CT molecular complexity index is 1180. The van der Waals surface area contributed by atoms with Crippen molar-refractivity contribution in [2.45, 2.75) is 6.61 Å². The van der Waals surface area contributed by atoms with Crippen molar-refractivity contribution in [2.75, 3.05) is 5.32 Å². The minimum absolute atomic E-state index is 0.181. The lowest BCUT2D eigenvalue weighted by Gasteiger charge is -2.09. The lowest BCUT2D eigenvalue weighted by molar-refractivity contribution is 0.276. The molecule has 0 radical (unpaired) electrons. The van der Waals surface area contributed by atoms with E-state index in [0.29, 0.717) is 33.6 Å². The zero-order chi connectivity index (χ0) is 18.8. The SMILES string of the molecule is N#Cc1cccc(Cl)c1-n1ncc2cnc(Nc3cc(CO)ncn3)cc21. The van der Waals surface area contributed by atoms with E-state index in [2.05, 4.69) is 31.4 Å². The maximum Gasteiger partial charge on any atom is 0.135 e. The summed E-state index contributed by atoms with van der Waals surface area (Å²) in [6.07, 6.45) is 4.68. The number of pyridine rings is 1. The van der Waals surface area contributed by atoms with E-state index < -0.39 is 0 Å². The molecule has 0 atom stereocenters. The molecule has 1 aromatic carbocycles. The van der Waals surface area contributed by atoms with Gasteiger partial charge in [0.1, 0.15) is 29.7 Å². The van der Waals surface area contributed by atoms with Crippen molar-refractivity contribution in [3.8, 4) is 11.8 Å². The molecule has 0 unspecified atom stereocenters. The van der Waals surface area contributed by atoms with Crippen molar-refractivity contribution in [1.29, 1.82) is 5.26 Å². The molecular weight excluding hydrogens is 366 g/mol. The van der Waals surface area contributed by atoms with Gasteiger partial charge >= 0.3 is 0 Å². The highest BCUT2D eigenvalue weighted by atomic mass is 35.5. The second kappa shape index (κ2) is 6.99. The number of fused-ring (bicyclic) bond motifs is 1. The fourth-order valence-electron chi connectivity index (χ4n) is 2.67. The molecule has 3 aromatic heterocycles. The predicted octanol–water partition coefficient (Wildman–Crippen LogP) is 2.97. The second-order valence-corrected chi connectivity index (χ2v) is 6.02. The molecule has 0 aliphatic rings. The number of aliphatic hydroxyl groups is 1. The molecule has 8 nitrogen and oxygen atoms in total. The molecule has 0 fully saturated rings. The van der Waals surface area contributed by atoms with Crippen LogP contribution in [0, 0.1) is 11.3 Å². The highest BCUT2D eigenvalue weighted by Crippen LogP contribution is 2.28. The molecular formula is C18H12ClN7O.